The van der Waals surface area contributed by atoms with Gasteiger partial charge in [0.05, 0.1) is 11.9 Å². The number of carbonyl (C=O) groups is 1. The summed E-state index contributed by atoms with van der Waals surface area (Å²) < 4.78 is 0. The summed E-state index contributed by atoms with van der Waals surface area (Å²) in [6.07, 6.45) is 5.35. The molecule has 1 heterocycles. The molecule has 1 N–H and O–H groups in total. The third kappa shape index (κ3) is 1.93. The van der Waals surface area contributed by atoms with Crippen molar-refractivity contribution < 1.29 is 4.79 Å². The Morgan fingerprint density at radius 2 is 2.18 bits per heavy atom. The van der Waals surface area contributed by atoms with Gasteiger partial charge in [-0.1, -0.05) is 18.0 Å². The predicted octanol–water partition coefficient (Wildman–Crippen LogP) is 3.03. The van der Waals surface area contributed by atoms with E-state index in [4.69, 9.17) is 11.6 Å². The van der Waals surface area contributed by atoms with E-state index < -0.39 is 0 Å². The molecule has 2 fully saturated rings. The fourth-order valence-electron chi connectivity index (χ4n) is 3.06. The highest BCUT2D eigenvalue weighted by molar-refractivity contribution is 6.30. The topological polar surface area (TPSA) is 42.0 Å². The number of fused-ring (bicyclic) bond motifs is 1. The fourth-order valence-corrected chi connectivity index (χ4v) is 3.17. The summed E-state index contributed by atoms with van der Waals surface area (Å²) >= 11 is 5.85. The Hall–Kier alpha value is -1.09. The van der Waals surface area contributed by atoms with E-state index in [9.17, 15) is 4.79 Å². The number of aryl methyl sites for hydroxylation is 1. The van der Waals surface area contributed by atoms with E-state index in [1.807, 2.05) is 13.0 Å². The molecule has 2 aliphatic carbocycles. The van der Waals surface area contributed by atoms with Crippen LogP contribution in [0.1, 0.15) is 24.8 Å². The summed E-state index contributed by atoms with van der Waals surface area (Å²) in [5, 5.41) is 3.43. The number of anilines is 1. The van der Waals surface area contributed by atoms with Crippen LogP contribution in [0.25, 0.3) is 0 Å². The van der Waals surface area contributed by atoms with Gasteiger partial charge in [-0.25, -0.2) is 4.98 Å². The fraction of sp³-hybridized carbons (Fsp3) is 0.538. The van der Waals surface area contributed by atoms with E-state index >= 15 is 0 Å². The monoisotopic (exact) mass is 250 g/mol. The van der Waals surface area contributed by atoms with Crippen LogP contribution in [0, 0.1) is 24.7 Å². The van der Waals surface area contributed by atoms with Crippen LogP contribution in [0.4, 0.5) is 5.69 Å². The Labute approximate surface area is 106 Å². The normalized spacial score (nSPS) is 29.9. The van der Waals surface area contributed by atoms with Gasteiger partial charge in [0.2, 0.25) is 5.91 Å². The molecule has 2 saturated carbocycles. The van der Waals surface area contributed by atoms with Crippen molar-refractivity contribution >= 4 is 23.2 Å². The molecule has 0 radical (unpaired) electrons. The summed E-state index contributed by atoms with van der Waals surface area (Å²) in [5.41, 5.74) is 1.64. The van der Waals surface area contributed by atoms with Crippen molar-refractivity contribution in [2.75, 3.05) is 5.32 Å². The van der Waals surface area contributed by atoms with Gasteiger partial charge in [-0.2, -0.15) is 0 Å². The molecule has 3 nitrogen and oxygen atoms in total. The lowest BCUT2D eigenvalue weighted by atomic mass is 10.1. The van der Waals surface area contributed by atoms with Gasteiger partial charge in [0.15, 0.2) is 0 Å². The van der Waals surface area contributed by atoms with Crippen molar-refractivity contribution in [2.24, 2.45) is 17.8 Å². The number of hydrogen-bond acceptors (Lipinski definition) is 2. The molecule has 90 valence electrons. The third-order valence-electron chi connectivity index (χ3n) is 3.99. The zero-order valence-corrected chi connectivity index (χ0v) is 10.5. The van der Waals surface area contributed by atoms with E-state index in [-0.39, 0.29) is 11.8 Å². The number of nitrogens with zero attached hydrogens (tertiary/aromatic N) is 1. The molecule has 2 unspecified atom stereocenters. The van der Waals surface area contributed by atoms with Gasteiger partial charge >= 0.3 is 0 Å². The number of amides is 1. The zero-order chi connectivity index (χ0) is 12.0. The lowest BCUT2D eigenvalue weighted by Crippen LogP contribution is -2.16. The number of carbonyl (C=O) groups excluding carboxylic acids is 1. The number of aromatic nitrogens is 1. The van der Waals surface area contributed by atoms with Crippen LogP contribution in [0.2, 0.25) is 5.15 Å². The Bertz CT molecular complexity index is 464. The standard InChI is InChI=1S/C13H15ClN2O/c1-7-5-8(6-15-12(7)14)16-13(17)11-9-3-2-4-10(9)11/h5-6,9-11H,2-4H2,1H3,(H,16,17). The van der Waals surface area contributed by atoms with Crippen molar-refractivity contribution in [1.82, 2.24) is 4.98 Å². The van der Waals surface area contributed by atoms with Gasteiger partial charge in [-0.3, -0.25) is 4.79 Å². The predicted molar refractivity (Wildman–Crippen MR) is 66.9 cm³/mol. The van der Waals surface area contributed by atoms with Crippen LogP contribution in [0.5, 0.6) is 0 Å². The third-order valence-corrected chi connectivity index (χ3v) is 4.39. The summed E-state index contributed by atoms with van der Waals surface area (Å²) in [7, 11) is 0. The number of hydrogen-bond donors (Lipinski definition) is 1. The van der Waals surface area contributed by atoms with Crippen LogP contribution < -0.4 is 5.32 Å². The Kier molecular flexibility index (Phi) is 2.58. The molecular formula is C13H15ClN2O. The first-order valence-electron chi connectivity index (χ1n) is 6.10. The van der Waals surface area contributed by atoms with Crippen LogP contribution in [-0.2, 0) is 4.79 Å². The minimum atomic E-state index is 0.156. The molecule has 4 heteroatoms. The van der Waals surface area contributed by atoms with Crippen molar-refractivity contribution in [3.63, 3.8) is 0 Å². The summed E-state index contributed by atoms with van der Waals surface area (Å²) in [6.45, 7) is 1.89. The largest absolute Gasteiger partial charge is 0.324 e. The van der Waals surface area contributed by atoms with Gasteiger partial charge in [-0.15, -0.1) is 0 Å². The SMILES string of the molecule is Cc1cc(NC(=O)C2C3CCCC32)cnc1Cl. The summed E-state index contributed by atoms with van der Waals surface area (Å²) in [6, 6.07) is 1.87. The maximum atomic E-state index is 12.0. The molecule has 2 atom stereocenters. The molecule has 0 aliphatic heterocycles. The van der Waals surface area contributed by atoms with Crippen molar-refractivity contribution in [3.05, 3.63) is 23.0 Å². The van der Waals surface area contributed by atoms with Crippen LogP contribution in [0.3, 0.4) is 0 Å². The highest BCUT2D eigenvalue weighted by Gasteiger charge is 2.56. The van der Waals surface area contributed by atoms with Crippen LogP contribution >= 0.6 is 11.6 Å². The average Bonchev–Trinajstić information content (AvgIpc) is 2.78. The smallest absolute Gasteiger partial charge is 0.228 e. The summed E-state index contributed by atoms with van der Waals surface area (Å²) in [5.74, 6) is 1.70. The Morgan fingerprint density at radius 1 is 1.47 bits per heavy atom. The minimum absolute atomic E-state index is 0.156. The minimum Gasteiger partial charge on any atom is -0.324 e. The zero-order valence-electron chi connectivity index (χ0n) is 9.74. The molecule has 17 heavy (non-hydrogen) atoms. The van der Waals surface area contributed by atoms with E-state index in [0.717, 1.165) is 11.3 Å². The van der Waals surface area contributed by atoms with Crippen molar-refractivity contribution in [1.29, 1.82) is 0 Å². The molecule has 1 aromatic rings. The molecule has 0 spiro atoms. The second-order valence-electron chi connectivity index (χ2n) is 5.11. The molecule has 0 aromatic carbocycles. The first-order valence-corrected chi connectivity index (χ1v) is 6.47. The second kappa shape index (κ2) is 3.98. The Morgan fingerprint density at radius 3 is 2.82 bits per heavy atom. The van der Waals surface area contributed by atoms with Gasteiger partial charge in [-0.05, 0) is 43.2 Å². The van der Waals surface area contributed by atoms with E-state index in [2.05, 4.69) is 10.3 Å². The maximum Gasteiger partial charge on any atom is 0.228 e. The molecule has 3 rings (SSSR count). The quantitative estimate of drug-likeness (QED) is 0.820. The molecule has 1 amide bonds. The first kappa shape index (κ1) is 11.0. The van der Waals surface area contributed by atoms with E-state index in [0.29, 0.717) is 17.0 Å². The van der Waals surface area contributed by atoms with E-state index in [1.54, 1.807) is 6.20 Å². The highest BCUT2D eigenvalue weighted by atomic mass is 35.5. The summed E-state index contributed by atoms with van der Waals surface area (Å²) in [4.78, 5) is 16.0. The molecule has 0 bridgehead atoms. The number of pyridine rings is 1. The van der Waals surface area contributed by atoms with Gasteiger partial charge in [0, 0.05) is 5.92 Å². The first-order chi connectivity index (χ1) is 8.16. The second-order valence-corrected chi connectivity index (χ2v) is 5.46. The van der Waals surface area contributed by atoms with Gasteiger partial charge in [0.1, 0.15) is 5.15 Å². The van der Waals surface area contributed by atoms with Gasteiger partial charge < -0.3 is 5.32 Å². The van der Waals surface area contributed by atoms with Crippen LogP contribution in [0.15, 0.2) is 12.3 Å². The highest BCUT2D eigenvalue weighted by Crippen LogP contribution is 2.57. The van der Waals surface area contributed by atoms with Crippen molar-refractivity contribution in [3.8, 4) is 0 Å². The number of halogens is 1. The Balaban J connectivity index is 1.67. The number of nitrogens with one attached hydrogen (secondary N) is 1. The molecule has 1 aromatic heterocycles. The van der Waals surface area contributed by atoms with Gasteiger partial charge in [0.25, 0.3) is 0 Å². The molecule has 0 saturated heterocycles. The lowest BCUT2D eigenvalue weighted by molar-refractivity contribution is -0.118. The average molecular weight is 251 g/mol. The van der Waals surface area contributed by atoms with Crippen molar-refractivity contribution in [2.45, 2.75) is 26.2 Å². The number of rotatable bonds is 2. The van der Waals surface area contributed by atoms with E-state index in [1.165, 1.54) is 19.3 Å². The maximum absolute atomic E-state index is 12.0. The molecule has 2 aliphatic rings. The molecular weight excluding hydrogens is 236 g/mol. The van der Waals surface area contributed by atoms with Crippen LogP contribution in [-0.4, -0.2) is 10.9 Å². The lowest BCUT2D eigenvalue weighted by Gasteiger charge is -2.07.